The Bertz CT molecular complexity index is 1060. The lowest BCUT2D eigenvalue weighted by atomic mass is 10.1. The number of amides is 1. The van der Waals surface area contributed by atoms with E-state index in [1.165, 1.54) is 5.56 Å². The van der Waals surface area contributed by atoms with Crippen molar-refractivity contribution in [1.29, 1.82) is 0 Å². The van der Waals surface area contributed by atoms with Gasteiger partial charge in [0.25, 0.3) is 5.91 Å². The van der Waals surface area contributed by atoms with Crippen molar-refractivity contribution in [2.75, 3.05) is 40.4 Å². The Balaban J connectivity index is 1.42. The van der Waals surface area contributed by atoms with E-state index in [4.69, 9.17) is 14.6 Å². The van der Waals surface area contributed by atoms with E-state index in [2.05, 4.69) is 30.9 Å². The molecule has 1 fully saturated rings. The highest BCUT2D eigenvalue weighted by Crippen LogP contribution is 2.24. The van der Waals surface area contributed by atoms with Crippen LogP contribution in [0, 0.1) is 13.8 Å². The summed E-state index contributed by atoms with van der Waals surface area (Å²) in [6.45, 7) is 8.03. The molecule has 2 aromatic carbocycles. The molecule has 168 valence electrons. The summed E-state index contributed by atoms with van der Waals surface area (Å²) in [4.78, 5) is 17.3. The van der Waals surface area contributed by atoms with Crippen LogP contribution in [0.2, 0.25) is 0 Å². The SMILES string of the molecule is COc1cc(OC)cc(C(=O)N2CCN(Cc3c(C)nn(-c4ccccc4)c3C)CC2)c1. The Morgan fingerprint density at radius 3 is 2.16 bits per heavy atom. The molecule has 1 aliphatic heterocycles. The molecule has 7 nitrogen and oxygen atoms in total. The van der Waals surface area contributed by atoms with Crippen molar-refractivity contribution < 1.29 is 14.3 Å². The number of aromatic nitrogens is 2. The van der Waals surface area contributed by atoms with Crippen LogP contribution < -0.4 is 9.47 Å². The summed E-state index contributed by atoms with van der Waals surface area (Å²) in [6.07, 6.45) is 0. The fourth-order valence-electron chi connectivity index (χ4n) is 4.17. The highest BCUT2D eigenvalue weighted by molar-refractivity contribution is 5.95. The zero-order valence-corrected chi connectivity index (χ0v) is 19.2. The molecule has 0 bridgehead atoms. The van der Waals surface area contributed by atoms with E-state index in [0.717, 1.165) is 36.7 Å². The average molecular weight is 435 g/mol. The zero-order chi connectivity index (χ0) is 22.7. The van der Waals surface area contributed by atoms with E-state index < -0.39 is 0 Å². The van der Waals surface area contributed by atoms with E-state index >= 15 is 0 Å². The highest BCUT2D eigenvalue weighted by atomic mass is 16.5. The fraction of sp³-hybridized carbons (Fsp3) is 0.360. The van der Waals surface area contributed by atoms with Crippen LogP contribution in [0.1, 0.15) is 27.3 Å². The standard InChI is InChI=1S/C25H30N4O3/c1-18-24(19(2)29(26-18)21-8-6-5-7-9-21)17-27-10-12-28(13-11-27)25(30)20-14-22(31-3)16-23(15-20)32-4/h5-9,14-16H,10-13,17H2,1-4H3. The summed E-state index contributed by atoms with van der Waals surface area (Å²) in [5, 5.41) is 4.76. The van der Waals surface area contributed by atoms with Crippen LogP contribution in [0.5, 0.6) is 11.5 Å². The summed E-state index contributed by atoms with van der Waals surface area (Å²) in [5.74, 6) is 1.24. The third-order valence-corrected chi connectivity index (χ3v) is 6.08. The van der Waals surface area contributed by atoms with E-state index in [0.29, 0.717) is 30.2 Å². The minimum Gasteiger partial charge on any atom is -0.497 e. The number of hydrogen-bond donors (Lipinski definition) is 0. The molecule has 0 atom stereocenters. The molecule has 3 aromatic rings. The molecular formula is C25H30N4O3. The maximum absolute atomic E-state index is 13.1. The zero-order valence-electron chi connectivity index (χ0n) is 19.2. The molecule has 0 saturated carbocycles. The van der Waals surface area contributed by atoms with Crippen molar-refractivity contribution in [2.45, 2.75) is 20.4 Å². The lowest BCUT2D eigenvalue weighted by Gasteiger charge is -2.35. The van der Waals surface area contributed by atoms with Crippen LogP contribution in [-0.2, 0) is 6.54 Å². The molecule has 2 heterocycles. The van der Waals surface area contributed by atoms with Gasteiger partial charge in [0.1, 0.15) is 11.5 Å². The van der Waals surface area contributed by atoms with Gasteiger partial charge in [0.15, 0.2) is 0 Å². The predicted octanol–water partition coefficient (Wildman–Crippen LogP) is 3.46. The summed E-state index contributed by atoms with van der Waals surface area (Å²) in [5.41, 5.74) is 5.13. The number of rotatable bonds is 6. The molecule has 0 N–H and O–H groups in total. The second-order valence-corrected chi connectivity index (χ2v) is 8.07. The van der Waals surface area contributed by atoms with Gasteiger partial charge in [0.2, 0.25) is 0 Å². The molecule has 4 rings (SSSR count). The van der Waals surface area contributed by atoms with Crippen LogP contribution in [0.15, 0.2) is 48.5 Å². The minimum atomic E-state index is 0.00566. The first-order chi connectivity index (χ1) is 15.5. The normalized spacial score (nSPS) is 14.4. The topological polar surface area (TPSA) is 59.8 Å². The van der Waals surface area contributed by atoms with Crippen LogP contribution >= 0.6 is 0 Å². The van der Waals surface area contributed by atoms with Crippen molar-refractivity contribution in [3.05, 3.63) is 71.0 Å². The first-order valence-corrected chi connectivity index (χ1v) is 10.9. The molecular weight excluding hydrogens is 404 g/mol. The molecule has 7 heteroatoms. The third-order valence-electron chi connectivity index (χ3n) is 6.08. The second kappa shape index (κ2) is 9.44. The van der Waals surface area contributed by atoms with Crippen LogP contribution in [0.3, 0.4) is 0 Å². The lowest BCUT2D eigenvalue weighted by Crippen LogP contribution is -2.48. The largest absolute Gasteiger partial charge is 0.497 e. The summed E-state index contributed by atoms with van der Waals surface area (Å²) < 4.78 is 12.6. The Morgan fingerprint density at radius 1 is 0.938 bits per heavy atom. The van der Waals surface area contributed by atoms with Gasteiger partial charge < -0.3 is 14.4 Å². The van der Waals surface area contributed by atoms with Gasteiger partial charge in [-0.05, 0) is 38.1 Å². The summed E-state index contributed by atoms with van der Waals surface area (Å²) >= 11 is 0. The quantitative estimate of drug-likeness (QED) is 0.595. The Hall–Kier alpha value is -3.32. The molecule has 0 spiro atoms. The number of carbonyl (C=O) groups excluding carboxylic acids is 1. The molecule has 1 aliphatic rings. The molecule has 0 aliphatic carbocycles. The van der Waals surface area contributed by atoms with Gasteiger partial charge >= 0.3 is 0 Å². The Morgan fingerprint density at radius 2 is 1.56 bits per heavy atom. The second-order valence-electron chi connectivity index (χ2n) is 8.07. The van der Waals surface area contributed by atoms with Gasteiger partial charge in [0, 0.05) is 55.6 Å². The number of aryl methyl sites for hydroxylation is 1. The number of methoxy groups -OCH3 is 2. The molecule has 1 aromatic heterocycles. The molecule has 32 heavy (non-hydrogen) atoms. The molecule has 1 amide bonds. The smallest absolute Gasteiger partial charge is 0.254 e. The van der Waals surface area contributed by atoms with Gasteiger partial charge in [-0.25, -0.2) is 4.68 Å². The van der Waals surface area contributed by atoms with E-state index in [1.54, 1.807) is 32.4 Å². The molecule has 1 saturated heterocycles. The van der Waals surface area contributed by atoms with Crippen molar-refractivity contribution in [3.63, 3.8) is 0 Å². The van der Waals surface area contributed by atoms with Gasteiger partial charge in [-0.15, -0.1) is 0 Å². The number of ether oxygens (including phenoxy) is 2. The van der Waals surface area contributed by atoms with Gasteiger partial charge in [0.05, 0.1) is 25.6 Å². The van der Waals surface area contributed by atoms with Crippen LogP contribution in [0.4, 0.5) is 0 Å². The van der Waals surface area contributed by atoms with Crippen molar-refractivity contribution in [1.82, 2.24) is 19.6 Å². The summed E-state index contributed by atoms with van der Waals surface area (Å²) in [7, 11) is 3.18. The van der Waals surface area contributed by atoms with E-state index in [-0.39, 0.29) is 5.91 Å². The molecule has 0 unspecified atom stereocenters. The number of hydrogen-bond acceptors (Lipinski definition) is 5. The third kappa shape index (κ3) is 4.48. The lowest BCUT2D eigenvalue weighted by molar-refractivity contribution is 0.0627. The maximum Gasteiger partial charge on any atom is 0.254 e. The predicted molar refractivity (Wildman–Crippen MR) is 124 cm³/mol. The van der Waals surface area contributed by atoms with Crippen molar-refractivity contribution in [2.24, 2.45) is 0 Å². The van der Waals surface area contributed by atoms with E-state index in [9.17, 15) is 4.79 Å². The first-order valence-electron chi connectivity index (χ1n) is 10.9. The number of carbonyl (C=O) groups is 1. The van der Waals surface area contributed by atoms with Gasteiger partial charge in [-0.3, -0.25) is 9.69 Å². The highest BCUT2D eigenvalue weighted by Gasteiger charge is 2.24. The monoisotopic (exact) mass is 434 g/mol. The van der Waals surface area contributed by atoms with Crippen molar-refractivity contribution in [3.8, 4) is 17.2 Å². The van der Waals surface area contributed by atoms with Gasteiger partial charge in [-0.2, -0.15) is 5.10 Å². The fourth-order valence-corrected chi connectivity index (χ4v) is 4.17. The number of nitrogens with zero attached hydrogens (tertiary/aromatic N) is 4. The van der Waals surface area contributed by atoms with Crippen LogP contribution in [-0.4, -0.2) is 65.9 Å². The minimum absolute atomic E-state index is 0.00566. The average Bonchev–Trinajstić information content (AvgIpc) is 3.12. The number of para-hydroxylation sites is 1. The number of piperazine rings is 1. The Labute approximate surface area is 189 Å². The Kier molecular flexibility index (Phi) is 6.46. The summed E-state index contributed by atoms with van der Waals surface area (Å²) in [6, 6.07) is 15.5. The van der Waals surface area contributed by atoms with E-state index in [1.807, 2.05) is 27.8 Å². The van der Waals surface area contributed by atoms with Crippen LogP contribution in [0.25, 0.3) is 5.69 Å². The maximum atomic E-state index is 13.1. The number of benzene rings is 2. The molecule has 0 radical (unpaired) electrons. The van der Waals surface area contributed by atoms with Gasteiger partial charge in [-0.1, -0.05) is 18.2 Å². The van der Waals surface area contributed by atoms with Crippen molar-refractivity contribution >= 4 is 5.91 Å². The first kappa shape index (κ1) is 21.9.